The van der Waals surface area contributed by atoms with Gasteiger partial charge in [0, 0.05) is 18.7 Å². The first-order chi connectivity index (χ1) is 23.2. The molecule has 2 saturated carbocycles. The van der Waals surface area contributed by atoms with Crippen LogP contribution in [0.4, 0.5) is 9.59 Å². The maximum atomic E-state index is 13.4. The molecule has 4 fully saturated rings. The molecule has 4 heterocycles. The van der Waals surface area contributed by atoms with E-state index in [0.29, 0.717) is 50.3 Å². The van der Waals surface area contributed by atoms with Gasteiger partial charge in [-0.2, -0.15) is 0 Å². The van der Waals surface area contributed by atoms with Crippen LogP contribution >= 0.6 is 0 Å². The van der Waals surface area contributed by atoms with Crippen molar-refractivity contribution in [3.8, 4) is 23.1 Å². The Labute approximate surface area is 277 Å². The molecule has 2 saturated heterocycles. The van der Waals surface area contributed by atoms with Crippen LogP contribution in [0.15, 0.2) is 36.7 Å². The fraction of sp³-hybridized carbons (Fsp3) is 0.471. The van der Waals surface area contributed by atoms with Gasteiger partial charge in [0.15, 0.2) is 0 Å². The second-order valence-corrected chi connectivity index (χ2v) is 12.9. The lowest BCUT2D eigenvalue weighted by Crippen LogP contribution is -2.50. The zero-order chi connectivity index (χ0) is 33.5. The highest BCUT2D eigenvalue weighted by Gasteiger charge is 2.56. The van der Waals surface area contributed by atoms with E-state index >= 15 is 0 Å². The van der Waals surface area contributed by atoms with E-state index in [1.54, 1.807) is 17.3 Å². The molecular weight excluding hydrogens is 616 g/mol. The summed E-state index contributed by atoms with van der Waals surface area (Å²) < 4.78 is 9.44. The molecule has 4 aliphatic rings. The Balaban J connectivity index is 0.987. The molecule has 14 nitrogen and oxygen atoms in total. The van der Waals surface area contributed by atoms with E-state index in [2.05, 4.69) is 42.4 Å². The minimum Gasteiger partial charge on any atom is -0.453 e. The molecule has 2 aromatic heterocycles. The van der Waals surface area contributed by atoms with E-state index in [0.717, 1.165) is 48.3 Å². The third kappa shape index (κ3) is 5.96. The number of hydrogen-bond acceptors (Lipinski definition) is 8. The van der Waals surface area contributed by atoms with Crippen molar-refractivity contribution in [3.63, 3.8) is 0 Å². The molecule has 2 atom stereocenters. The van der Waals surface area contributed by atoms with Crippen LogP contribution in [-0.2, 0) is 19.1 Å². The minimum absolute atomic E-state index is 0.0886. The number of aromatic amines is 2. The largest absolute Gasteiger partial charge is 0.453 e. The molecule has 2 aliphatic carbocycles. The second-order valence-electron chi connectivity index (χ2n) is 12.9. The Morgan fingerprint density at radius 2 is 1.29 bits per heavy atom. The summed E-state index contributed by atoms with van der Waals surface area (Å²) in [5.41, 5.74) is 1.48. The number of nitrogens with zero attached hydrogens (tertiary/aromatic N) is 4. The highest BCUT2D eigenvalue weighted by Crippen LogP contribution is 2.43. The Bertz CT molecular complexity index is 1790. The summed E-state index contributed by atoms with van der Waals surface area (Å²) in [6, 6.07) is 7.41. The third-order valence-corrected chi connectivity index (χ3v) is 9.76. The number of ether oxygens (including phenoxy) is 2. The van der Waals surface area contributed by atoms with Crippen LogP contribution in [0.3, 0.4) is 0 Å². The lowest BCUT2D eigenvalue weighted by Gasteiger charge is -2.28. The summed E-state index contributed by atoms with van der Waals surface area (Å²) >= 11 is 0. The number of alkyl carbamates (subject to hydrolysis) is 2. The second kappa shape index (κ2) is 12.4. The molecule has 14 heteroatoms. The van der Waals surface area contributed by atoms with Crippen molar-refractivity contribution in [1.82, 2.24) is 40.4 Å². The lowest BCUT2D eigenvalue weighted by molar-refractivity contribution is -0.136. The van der Waals surface area contributed by atoms with Crippen LogP contribution in [0.25, 0.3) is 11.3 Å². The van der Waals surface area contributed by atoms with Gasteiger partial charge in [-0.3, -0.25) is 9.59 Å². The van der Waals surface area contributed by atoms with Gasteiger partial charge in [-0.25, -0.2) is 19.6 Å². The molecule has 3 aromatic rings. The van der Waals surface area contributed by atoms with Crippen molar-refractivity contribution in [2.75, 3.05) is 27.3 Å². The Morgan fingerprint density at radius 3 is 1.81 bits per heavy atom. The Morgan fingerprint density at radius 1 is 0.771 bits per heavy atom. The number of likely N-dealkylation sites (tertiary alicyclic amines) is 2. The molecule has 1 aromatic carbocycles. The quantitative estimate of drug-likeness (QED) is 0.281. The number of carbonyl (C=O) groups excluding carboxylic acids is 4. The fourth-order valence-corrected chi connectivity index (χ4v) is 6.76. The average molecular weight is 655 g/mol. The molecule has 0 unspecified atom stereocenters. The van der Waals surface area contributed by atoms with Gasteiger partial charge >= 0.3 is 12.2 Å². The van der Waals surface area contributed by atoms with E-state index in [-0.39, 0.29) is 23.9 Å². The van der Waals surface area contributed by atoms with Crippen molar-refractivity contribution < 1.29 is 28.7 Å². The van der Waals surface area contributed by atoms with Crippen molar-refractivity contribution in [2.24, 2.45) is 0 Å². The number of methoxy groups -OCH3 is 2. The topological polar surface area (TPSA) is 175 Å². The molecular formula is C34H38N8O6. The zero-order valence-corrected chi connectivity index (χ0v) is 26.9. The number of benzene rings is 1. The van der Waals surface area contributed by atoms with Gasteiger partial charge in [0.2, 0.25) is 11.8 Å². The predicted octanol–water partition coefficient (Wildman–Crippen LogP) is 3.30. The van der Waals surface area contributed by atoms with Gasteiger partial charge in [0.1, 0.15) is 28.4 Å². The summed E-state index contributed by atoms with van der Waals surface area (Å²) in [7, 11) is 2.58. The molecule has 4 amide bonds. The van der Waals surface area contributed by atoms with Crippen LogP contribution in [0.1, 0.15) is 86.4 Å². The van der Waals surface area contributed by atoms with Crippen LogP contribution in [0.5, 0.6) is 0 Å². The van der Waals surface area contributed by atoms with Crippen LogP contribution in [0, 0.1) is 11.8 Å². The van der Waals surface area contributed by atoms with Gasteiger partial charge in [-0.15, -0.1) is 0 Å². The van der Waals surface area contributed by atoms with Gasteiger partial charge < -0.3 is 39.9 Å². The first kappa shape index (κ1) is 31.3. The zero-order valence-electron chi connectivity index (χ0n) is 26.9. The number of hydrogen-bond donors (Lipinski definition) is 4. The Kier molecular flexibility index (Phi) is 8.06. The normalized spacial score (nSPS) is 21.5. The monoisotopic (exact) mass is 654 g/mol. The Hall–Kier alpha value is -5.32. The van der Waals surface area contributed by atoms with E-state index in [9.17, 15) is 19.2 Å². The molecule has 250 valence electrons. The summed E-state index contributed by atoms with van der Waals surface area (Å²) in [6.45, 7) is 1.22. The molecule has 0 bridgehead atoms. The fourth-order valence-electron chi connectivity index (χ4n) is 6.76. The molecule has 0 radical (unpaired) electrons. The highest BCUT2D eigenvalue weighted by atomic mass is 16.5. The van der Waals surface area contributed by atoms with Gasteiger partial charge in [0.05, 0.1) is 44.4 Å². The standard InChI is InChI=1S/C34H38N8O6/c1-47-31(45)39-33(13-14-33)29(43)41-17-3-5-25(41)27-35-19-23(37-27)12-9-21-7-10-22(11-8-21)24-20-36-28(38-24)26-6-4-18-42(26)30(44)34(15-16-34)40-32(46)48-2/h7-8,10-11,19-20,25-26H,3-6,13-18H2,1-2H3,(H,35,37)(H,36,38)(H,39,45)(H,40,46)/t25-,26-/m0/s1. The van der Waals surface area contributed by atoms with Crippen LogP contribution in [-0.4, -0.2) is 92.1 Å². The van der Waals surface area contributed by atoms with E-state index in [1.165, 1.54) is 14.2 Å². The molecule has 4 N–H and O–H groups in total. The van der Waals surface area contributed by atoms with Gasteiger partial charge in [-0.05, 0) is 75.0 Å². The van der Waals surface area contributed by atoms with Crippen molar-refractivity contribution in [1.29, 1.82) is 0 Å². The van der Waals surface area contributed by atoms with Crippen LogP contribution < -0.4 is 10.6 Å². The summed E-state index contributed by atoms with van der Waals surface area (Å²) in [5.74, 6) is 7.52. The SMILES string of the molecule is COC(=O)NC1(C(=O)N2CCC[C@H]2c2ncc(C#Cc3ccc(-c4cnc([C@@H]5CCCN5C(=O)C5(NC(=O)OC)CC5)[nH]4)cc3)[nH]2)CC1. The van der Waals surface area contributed by atoms with Crippen LogP contribution in [0.2, 0.25) is 0 Å². The highest BCUT2D eigenvalue weighted by molar-refractivity contribution is 5.94. The molecule has 2 aliphatic heterocycles. The number of amides is 4. The average Bonchev–Trinajstić information content (AvgIpc) is 3.66. The number of nitrogens with one attached hydrogen (secondary N) is 4. The van der Waals surface area contributed by atoms with Crippen molar-refractivity contribution in [2.45, 2.75) is 74.5 Å². The summed E-state index contributed by atoms with van der Waals surface area (Å²) in [6.07, 6.45) is 7.92. The first-order valence-corrected chi connectivity index (χ1v) is 16.3. The summed E-state index contributed by atoms with van der Waals surface area (Å²) in [4.78, 5) is 69.8. The first-order valence-electron chi connectivity index (χ1n) is 16.3. The lowest BCUT2D eigenvalue weighted by atomic mass is 10.1. The third-order valence-electron chi connectivity index (χ3n) is 9.76. The van der Waals surface area contributed by atoms with E-state index < -0.39 is 23.3 Å². The maximum Gasteiger partial charge on any atom is 0.407 e. The molecule has 7 rings (SSSR count). The number of rotatable bonds is 7. The maximum absolute atomic E-state index is 13.4. The van der Waals surface area contributed by atoms with Crippen molar-refractivity contribution in [3.05, 3.63) is 59.6 Å². The smallest absolute Gasteiger partial charge is 0.407 e. The van der Waals surface area contributed by atoms with E-state index in [1.807, 2.05) is 29.2 Å². The number of aromatic nitrogens is 4. The predicted molar refractivity (Wildman–Crippen MR) is 171 cm³/mol. The van der Waals surface area contributed by atoms with E-state index in [4.69, 9.17) is 9.47 Å². The minimum atomic E-state index is -0.880. The summed E-state index contributed by atoms with van der Waals surface area (Å²) in [5, 5.41) is 5.44. The number of imidazole rings is 2. The van der Waals surface area contributed by atoms with Gasteiger partial charge in [0.25, 0.3) is 0 Å². The number of carbonyl (C=O) groups is 4. The van der Waals surface area contributed by atoms with Crippen molar-refractivity contribution >= 4 is 24.0 Å². The number of H-pyrrole nitrogens is 2. The van der Waals surface area contributed by atoms with Gasteiger partial charge in [-0.1, -0.05) is 18.1 Å². The molecule has 48 heavy (non-hydrogen) atoms. The molecule has 0 spiro atoms.